The van der Waals surface area contributed by atoms with Crippen molar-refractivity contribution in [3.05, 3.63) is 113 Å². The highest BCUT2D eigenvalue weighted by Gasteiger charge is 2.44. The SMILES string of the molecule is Cc1cc(-n2cnc3c2CC(C(=O)O)N(C(=O)C(c2ccccc2)c2ccccc2)C3C)ccc1N(C)C. The first-order valence-electron chi connectivity index (χ1n) is 12.8. The van der Waals surface area contributed by atoms with Crippen LogP contribution in [0.1, 0.15) is 47.0 Å². The largest absolute Gasteiger partial charge is 0.480 e. The molecule has 0 saturated heterocycles. The van der Waals surface area contributed by atoms with Gasteiger partial charge in [-0.3, -0.25) is 4.79 Å². The third kappa shape index (κ3) is 4.45. The monoisotopic (exact) mass is 508 g/mol. The van der Waals surface area contributed by atoms with Gasteiger partial charge in [-0.1, -0.05) is 60.7 Å². The minimum atomic E-state index is -1.03. The number of rotatable bonds is 6. The van der Waals surface area contributed by atoms with E-state index < -0.39 is 24.0 Å². The maximum absolute atomic E-state index is 14.3. The fourth-order valence-corrected chi connectivity index (χ4v) is 5.60. The van der Waals surface area contributed by atoms with Crippen molar-refractivity contribution in [3.63, 3.8) is 0 Å². The molecule has 1 aromatic heterocycles. The zero-order valence-corrected chi connectivity index (χ0v) is 22.1. The molecule has 5 rings (SSSR count). The molecule has 7 nitrogen and oxygen atoms in total. The number of fused-ring (bicyclic) bond motifs is 1. The van der Waals surface area contributed by atoms with Gasteiger partial charge in [0, 0.05) is 31.9 Å². The number of hydrogen-bond donors (Lipinski definition) is 1. The molecule has 0 fully saturated rings. The summed E-state index contributed by atoms with van der Waals surface area (Å²) in [5, 5.41) is 10.3. The standard InChI is InChI=1S/C31H32N4O3/c1-20-17-24(15-16-25(20)33(3)4)34-19-32-29-21(2)35(27(31(37)38)18-26(29)34)30(36)28(22-11-7-5-8-12-22)23-13-9-6-10-14-23/h5-17,19,21,27-28H,18H2,1-4H3,(H,37,38). The zero-order valence-electron chi connectivity index (χ0n) is 22.1. The number of carboxylic acid groups (broad SMARTS) is 1. The van der Waals surface area contributed by atoms with Crippen LogP contribution in [0, 0.1) is 6.92 Å². The summed E-state index contributed by atoms with van der Waals surface area (Å²) in [7, 11) is 4.01. The van der Waals surface area contributed by atoms with Gasteiger partial charge in [0.05, 0.1) is 29.7 Å². The van der Waals surface area contributed by atoms with Crippen molar-refractivity contribution in [2.45, 2.75) is 38.3 Å². The minimum Gasteiger partial charge on any atom is -0.480 e. The fourth-order valence-electron chi connectivity index (χ4n) is 5.60. The Kier molecular flexibility index (Phi) is 6.76. The van der Waals surface area contributed by atoms with Crippen LogP contribution in [0.4, 0.5) is 5.69 Å². The topological polar surface area (TPSA) is 78.7 Å². The predicted molar refractivity (Wildman–Crippen MR) is 148 cm³/mol. The van der Waals surface area contributed by atoms with Gasteiger partial charge in [-0.05, 0) is 48.7 Å². The smallest absolute Gasteiger partial charge is 0.326 e. The Morgan fingerprint density at radius 1 is 0.974 bits per heavy atom. The highest BCUT2D eigenvalue weighted by atomic mass is 16.4. The van der Waals surface area contributed by atoms with E-state index in [0.29, 0.717) is 0 Å². The molecule has 0 saturated carbocycles. The maximum Gasteiger partial charge on any atom is 0.326 e. The van der Waals surface area contributed by atoms with E-state index in [1.807, 2.05) is 92.3 Å². The molecule has 3 aromatic carbocycles. The zero-order chi connectivity index (χ0) is 27.0. The van der Waals surface area contributed by atoms with Crippen LogP contribution < -0.4 is 4.90 Å². The third-order valence-electron chi connectivity index (χ3n) is 7.43. The first-order valence-corrected chi connectivity index (χ1v) is 12.8. The summed E-state index contributed by atoms with van der Waals surface area (Å²) >= 11 is 0. The number of nitrogens with zero attached hydrogens (tertiary/aromatic N) is 4. The number of carbonyl (C=O) groups is 2. The van der Waals surface area contributed by atoms with Gasteiger partial charge < -0.3 is 19.5 Å². The molecular weight excluding hydrogens is 476 g/mol. The van der Waals surface area contributed by atoms with Gasteiger partial charge in [-0.25, -0.2) is 9.78 Å². The van der Waals surface area contributed by atoms with E-state index in [2.05, 4.69) is 24.0 Å². The molecule has 0 aliphatic carbocycles. The van der Waals surface area contributed by atoms with Gasteiger partial charge in [-0.15, -0.1) is 0 Å². The Balaban J connectivity index is 1.57. The molecule has 2 atom stereocenters. The van der Waals surface area contributed by atoms with Gasteiger partial charge in [-0.2, -0.15) is 0 Å². The average molecular weight is 509 g/mol. The number of carbonyl (C=O) groups excluding carboxylic acids is 1. The van der Waals surface area contributed by atoms with E-state index in [4.69, 9.17) is 4.98 Å². The summed E-state index contributed by atoms with van der Waals surface area (Å²) in [4.78, 5) is 35.2. The molecule has 7 heteroatoms. The van der Waals surface area contributed by atoms with E-state index in [1.165, 1.54) is 4.90 Å². The maximum atomic E-state index is 14.3. The number of imidazole rings is 1. The lowest BCUT2D eigenvalue weighted by Gasteiger charge is -2.40. The number of anilines is 1. The molecule has 2 unspecified atom stereocenters. The number of amides is 1. The van der Waals surface area contributed by atoms with Crippen LogP contribution in [0.25, 0.3) is 5.69 Å². The number of aliphatic carboxylic acids is 1. The number of aryl methyl sites for hydroxylation is 1. The summed E-state index contributed by atoms with van der Waals surface area (Å²) in [5.41, 5.74) is 6.35. The van der Waals surface area contributed by atoms with Crippen molar-refractivity contribution >= 4 is 17.6 Å². The average Bonchev–Trinajstić information content (AvgIpc) is 3.34. The molecule has 2 heterocycles. The Morgan fingerprint density at radius 2 is 1.58 bits per heavy atom. The summed E-state index contributed by atoms with van der Waals surface area (Å²) in [6.07, 6.45) is 1.91. The number of carboxylic acids is 1. The molecule has 0 radical (unpaired) electrons. The number of benzene rings is 3. The molecule has 1 aliphatic heterocycles. The van der Waals surface area contributed by atoms with Crippen molar-refractivity contribution in [3.8, 4) is 5.69 Å². The number of hydrogen-bond acceptors (Lipinski definition) is 4. The van der Waals surface area contributed by atoms with Crippen LogP contribution in [0.3, 0.4) is 0 Å². The highest BCUT2D eigenvalue weighted by molar-refractivity contribution is 5.91. The van der Waals surface area contributed by atoms with Gasteiger partial charge in [0.1, 0.15) is 6.04 Å². The Morgan fingerprint density at radius 3 is 2.11 bits per heavy atom. The summed E-state index contributed by atoms with van der Waals surface area (Å²) in [6, 6.07) is 23.7. The van der Waals surface area contributed by atoms with Crippen molar-refractivity contribution in [2.24, 2.45) is 0 Å². The molecular formula is C31H32N4O3. The van der Waals surface area contributed by atoms with Crippen LogP contribution in [-0.2, 0) is 16.0 Å². The normalized spacial score (nSPS) is 16.8. The van der Waals surface area contributed by atoms with Crippen LogP contribution in [0.5, 0.6) is 0 Å². The summed E-state index contributed by atoms with van der Waals surface area (Å²) in [6.45, 7) is 3.93. The molecule has 38 heavy (non-hydrogen) atoms. The second-order valence-corrected chi connectivity index (χ2v) is 10.0. The lowest BCUT2D eigenvalue weighted by Crippen LogP contribution is -2.52. The van der Waals surface area contributed by atoms with E-state index in [0.717, 1.165) is 39.5 Å². The Bertz CT molecular complexity index is 1420. The quantitative estimate of drug-likeness (QED) is 0.398. The molecule has 1 N–H and O–H groups in total. The van der Waals surface area contributed by atoms with Gasteiger partial charge >= 0.3 is 5.97 Å². The van der Waals surface area contributed by atoms with Crippen molar-refractivity contribution in [1.82, 2.24) is 14.5 Å². The molecule has 1 amide bonds. The second-order valence-electron chi connectivity index (χ2n) is 10.0. The third-order valence-corrected chi connectivity index (χ3v) is 7.43. The lowest BCUT2D eigenvalue weighted by atomic mass is 9.87. The Hall–Kier alpha value is -4.39. The predicted octanol–water partition coefficient (Wildman–Crippen LogP) is 4.98. The Labute approximate surface area is 223 Å². The molecule has 0 bridgehead atoms. The van der Waals surface area contributed by atoms with Crippen LogP contribution in [0.15, 0.2) is 85.2 Å². The van der Waals surface area contributed by atoms with Crippen molar-refractivity contribution in [2.75, 3.05) is 19.0 Å². The van der Waals surface area contributed by atoms with Crippen LogP contribution >= 0.6 is 0 Å². The van der Waals surface area contributed by atoms with E-state index >= 15 is 0 Å². The summed E-state index contributed by atoms with van der Waals surface area (Å²) < 4.78 is 1.96. The van der Waals surface area contributed by atoms with Crippen LogP contribution in [0.2, 0.25) is 0 Å². The molecule has 194 valence electrons. The fraction of sp³-hybridized carbons (Fsp3) is 0.258. The molecule has 1 aliphatic rings. The van der Waals surface area contributed by atoms with Gasteiger partial charge in [0.15, 0.2) is 0 Å². The molecule has 0 spiro atoms. The van der Waals surface area contributed by atoms with E-state index in [1.54, 1.807) is 6.33 Å². The lowest BCUT2D eigenvalue weighted by molar-refractivity contribution is -0.153. The molecule has 4 aromatic rings. The van der Waals surface area contributed by atoms with E-state index in [9.17, 15) is 14.7 Å². The number of aromatic nitrogens is 2. The second kappa shape index (κ2) is 10.2. The first kappa shape index (κ1) is 25.3. The van der Waals surface area contributed by atoms with Crippen molar-refractivity contribution < 1.29 is 14.7 Å². The first-order chi connectivity index (χ1) is 18.3. The van der Waals surface area contributed by atoms with Crippen molar-refractivity contribution in [1.29, 1.82) is 0 Å². The van der Waals surface area contributed by atoms with Gasteiger partial charge in [0.25, 0.3) is 0 Å². The highest BCUT2D eigenvalue weighted by Crippen LogP contribution is 2.38. The van der Waals surface area contributed by atoms with Gasteiger partial charge in [0.2, 0.25) is 5.91 Å². The van der Waals surface area contributed by atoms with Crippen LogP contribution in [-0.4, -0.2) is 51.6 Å². The minimum absolute atomic E-state index is 0.172. The van der Waals surface area contributed by atoms with E-state index in [-0.39, 0.29) is 12.3 Å². The summed E-state index contributed by atoms with van der Waals surface area (Å²) in [5.74, 6) is -1.89.